The number of benzene rings is 1. The van der Waals surface area contributed by atoms with Gasteiger partial charge in [-0.15, -0.1) is 0 Å². The van der Waals surface area contributed by atoms with Gasteiger partial charge in [-0.25, -0.2) is 0 Å². The van der Waals surface area contributed by atoms with Gasteiger partial charge in [-0.05, 0) is 42.3 Å². The molecule has 1 aromatic rings. The highest BCUT2D eigenvalue weighted by molar-refractivity contribution is 6.74. The predicted molar refractivity (Wildman–Crippen MR) is 100 cm³/mol. The molecule has 1 rings (SSSR count). The molecule has 1 aromatic carbocycles. The minimum absolute atomic E-state index is 0.219. The van der Waals surface area contributed by atoms with Gasteiger partial charge in [0.1, 0.15) is 0 Å². The van der Waals surface area contributed by atoms with E-state index >= 15 is 0 Å². The third-order valence-electron chi connectivity index (χ3n) is 4.26. The van der Waals surface area contributed by atoms with Crippen LogP contribution in [0.5, 0.6) is 0 Å². The average Bonchev–Trinajstić information content (AvgIpc) is 2.43. The zero-order chi connectivity index (χ0) is 16.6. The van der Waals surface area contributed by atoms with Crippen LogP contribution >= 0.6 is 0 Å². The predicted octanol–water partition coefficient (Wildman–Crippen LogP) is 6.22. The lowest BCUT2D eigenvalue weighted by Gasteiger charge is -2.34. The zero-order valence-electron chi connectivity index (χ0n) is 15.0. The van der Waals surface area contributed by atoms with E-state index in [1.54, 1.807) is 0 Å². The quantitative estimate of drug-likeness (QED) is 0.271. The third-order valence-corrected chi connectivity index (χ3v) is 8.59. The van der Waals surface area contributed by atoms with E-state index in [2.05, 4.69) is 64.8 Å². The molecule has 0 heterocycles. The highest BCUT2D eigenvalue weighted by atomic mass is 28.4. The minimum atomic E-state index is -1.74. The Balaban J connectivity index is 2.81. The molecule has 0 amide bonds. The van der Waals surface area contributed by atoms with Crippen LogP contribution in [-0.2, 0) is 4.43 Å². The monoisotopic (exact) mass is 314 g/mol. The van der Waals surface area contributed by atoms with Crippen LogP contribution in [0.25, 0.3) is 6.08 Å². The van der Waals surface area contributed by atoms with E-state index in [4.69, 9.17) is 4.43 Å². The van der Waals surface area contributed by atoms with Gasteiger partial charge in [-0.2, -0.15) is 0 Å². The largest absolute Gasteiger partial charge is 0.549 e. The van der Waals surface area contributed by atoms with E-state index in [1.165, 1.54) is 12.8 Å². The lowest BCUT2D eigenvalue weighted by molar-refractivity contribution is 0.433. The van der Waals surface area contributed by atoms with E-state index in [0.29, 0.717) is 0 Å². The molecule has 0 saturated carbocycles. The summed E-state index contributed by atoms with van der Waals surface area (Å²) in [5.74, 6) is 6.54. The molecule has 0 fully saturated rings. The molecule has 0 atom stereocenters. The van der Waals surface area contributed by atoms with Crippen LogP contribution in [0.4, 0.5) is 0 Å². The summed E-state index contributed by atoms with van der Waals surface area (Å²) in [5.41, 5.74) is 2.21. The SMILES string of the molecule is CCCCC#Cc1ccccc1/C=C/O[Si](C)(C)C(C)(C)C. The molecule has 0 aromatic heterocycles. The zero-order valence-corrected chi connectivity index (χ0v) is 16.0. The molecule has 120 valence electrons. The first kappa shape index (κ1) is 18.6. The van der Waals surface area contributed by atoms with Crippen LogP contribution in [-0.4, -0.2) is 8.32 Å². The number of rotatable bonds is 5. The molecule has 0 bridgehead atoms. The number of unbranched alkanes of at least 4 members (excludes halogenated alkanes) is 2. The van der Waals surface area contributed by atoms with Crippen LogP contribution in [0.3, 0.4) is 0 Å². The Kier molecular flexibility index (Phi) is 6.96. The first-order valence-electron chi connectivity index (χ1n) is 8.20. The van der Waals surface area contributed by atoms with Gasteiger partial charge in [-0.3, -0.25) is 0 Å². The van der Waals surface area contributed by atoms with Gasteiger partial charge < -0.3 is 4.43 Å². The second-order valence-electron chi connectivity index (χ2n) is 7.17. The van der Waals surface area contributed by atoms with Crippen LogP contribution in [0.15, 0.2) is 30.5 Å². The maximum Gasteiger partial charge on any atom is 0.249 e. The van der Waals surface area contributed by atoms with Crippen molar-refractivity contribution < 1.29 is 4.43 Å². The van der Waals surface area contributed by atoms with E-state index < -0.39 is 8.32 Å². The van der Waals surface area contributed by atoms with E-state index in [-0.39, 0.29) is 5.04 Å². The Labute approximate surface area is 137 Å². The van der Waals surface area contributed by atoms with Crippen LogP contribution < -0.4 is 0 Å². The molecule has 0 unspecified atom stereocenters. The van der Waals surface area contributed by atoms with Crippen molar-refractivity contribution >= 4 is 14.4 Å². The Morgan fingerprint density at radius 2 is 1.86 bits per heavy atom. The molecule has 2 heteroatoms. The van der Waals surface area contributed by atoms with Crippen molar-refractivity contribution in [3.63, 3.8) is 0 Å². The molecular formula is C20H30OSi. The normalized spacial score (nSPS) is 12.1. The van der Waals surface area contributed by atoms with Crippen LogP contribution in [0.1, 0.15) is 58.1 Å². The van der Waals surface area contributed by atoms with E-state index in [1.807, 2.05) is 24.5 Å². The summed E-state index contributed by atoms with van der Waals surface area (Å²) in [6.07, 6.45) is 7.24. The van der Waals surface area contributed by atoms with Crippen molar-refractivity contribution in [2.45, 2.75) is 65.1 Å². The van der Waals surface area contributed by atoms with Gasteiger partial charge in [-0.1, -0.05) is 64.2 Å². The van der Waals surface area contributed by atoms with Crippen molar-refractivity contribution in [3.8, 4) is 11.8 Å². The molecule has 0 N–H and O–H groups in total. The highest BCUT2D eigenvalue weighted by Crippen LogP contribution is 2.36. The van der Waals surface area contributed by atoms with Gasteiger partial charge in [0.2, 0.25) is 8.32 Å². The summed E-state index contributed by atoms with van der Waals surface area (Å²) in [6.45, 7) is 13.5. The molecule has 0 aliphatic heterocycles. The topological polar surface area (TPSA) is 9.23 Å². The van der Waals surface area contributed by atoms with Gasteiger partial charge >= 0.3 is 0 Å². The third kappa shape index (κ3) is 5.73. The Morgan fingerprint density at radius 1 is 1.18 bits per heavy atom. The molecule has 0 radical (unpaired) electrons. The standard InChI is InChI=1S/C20H30OSi/c1-7-8-9-10-13-18-14-11-12-15-19(18)16-17-21-22(5,6)20(2,3)4/h11-12,14-17H,7-9H2,1-6H3/b17-16+. The molecule has 0 aliphatic rings. The van der Waals surface area contributed by atoms with Crippen molar-refractivity contribution in [1.29, 1.82) is 0 Å². The highest BCUT2D eigenvalue weighted by Gasteiger charge is 2.37. The Morgan fingerprint density at radius 3 is 2.50 bits per heavy atom. The van der Waals surface area contributed by atoms with E-state index in [0.717, 1.165) is 17.5 Å². The lowest BCUT2D eigenvalue weighted by atomic mass is 10.1. The minimum Gasteiger partial charge on any atom is -0.549 e. The molecule has 22 heavy (non-hydrogen) atoms. The summed E-state index contributed by atoms with van der Waals surface area (Å²) in [6, 6.07) is 8.25. The summed E-state index contributed by atoms with van der Waals surface area (Å²) in [5, 5.41) is 0.219. The fourth-order valence-electron chi connectivity index (χ4n) is 1.63. The smallest absolute Gasteiger partial charge is 0.249 e. The summed E-state index contributed by atoms with van der Waals surface area (Å²) in [7, 11) is -1.74. The van der Waals surface area contributed by atoms with E-state index in [9.17, 15) is 0 Å². The van der Waals surface area contributed by atoms with Crippen molar-refractivity contribution in [1.82, 2.24) is 0 Å². The number of hydrogen-bond acceptors (Lipinski definition) is 1. The van der Waals surface area contributed by atoms with Crippen LogP contribution in [0.2, 0.25) is 18.1 Å². The molecule has 0 spiro atoms. The number of hydrogen-bond donors (Lipinski definition) is 0. The maximum absolute atomic E-state index is 6.11. The maximum atomic E-state index is 6.11. The van der Waals surface area contributed by atoms with Crippen LogP contribution in [0, 0.1) is 11.8 Å². The van der Waals surface area contributed by atoms with Gasteiger partial charge in [0.25, 0.3) is 0 Å². The summed E-state index contributed by atoms with van der Waals surface area (Å²) in [4.78, 5) is 0. The average molecular weight is 315 g/mol. The van der Waals surface area contributed by atoms with Crippen molar-refractivity contribution in [3.05, 3.63) is 41.7 Å². The fraction of sp³-hybridized carbons (Fsp3) is 0.500. The molecule has 0 aliphatic carbocycles. The van der Waals surface area contributed by atoms with Gasteiger partial charge in [0.15, 0.2) is 0 Å². The van der Waals surface area contributed by atoms with Crippen molar-refractivity contribution in [2.75, 3.05) is 0 Å². The fourth-order valence-corrected chi connectivity index (χ4v) is 2.40. The van der Waals surface area contributed by atoms with Gasteiger partial charge in [0, 0.05) is 12.0 Å². The molecule has 1 nitrogen and oxygen atoms in total. The molecular weight excluding hydrogens is 284 g/mol. The van der Waals surface area contributed by atoms with Gasteiger partial charge in [0.05, 0.1) is 6.26 Å². The molecule has 0 saturated heterocycles. The first-order valence-corrected chi connectivity index (χ1v) is 11.1. The first-order chi connectivity index (χ1) is 10.3. The summed E-state index contributed by atoms with van der Waals surface area (Å²) < 4.78 is 6.11. The van der Waals surface area contributed by atoms with Crippen molar-refractivity contribution in [2.24, 2.45) is 0 Å². The summed E-state index contributed by atoms with van der Waals surface area (Å²) >= 11 is 0. The second kappa shape index (κ2) is 8.24. The Bertz CT molecular complexity index is 553. The Hall–Kier alpha value is -1.46. The second-order valence-corrected chi connectivity index (χ2v) is 11.9. The lowest BCUT2D eigenvalue weighted by Crippen LogP contribution is -2.39.